The summed E-state index contributed by atoms with van der Waals surface area (Å²) >= 11 is 0. The Bertz CT molecular complexity index is 984. The lowest BCUT2D eigenvalue weighted by Gasteiger charge is -2.27. The van der Waals surface area contributed by atoms with Gasteiger partial charge >= 0.3 is 0 Å². The maximum atomic E-state index is 12.2. The number of nitrogens with two attached hydrogens (primary N) is 2. The molecule has 1 aliphatic carbocycles. The molecule has 2 aromatic carbocycles. The molecular weight excluding hydrogens is 328 g/mol. The van der Waals surface area contributed by atoms with Gasteiger partial charge in [-0.25, -0.2) is 16.8 Å². The highest BCUT2D eigenvalue weighted by Gasteiger charge is 2.35. The van der Waals surface area contributed by atoms with Crippen LogP contribution >= 0.6 is 0 Å². The molecule has 6 N–H and O–H groups in total. The Kier molecular flexibility index (Phi) is 3.32. The van der Waals surface area contributed by atoms with Crippen molar-refractivity contribution in [2.75, 3.05) is 0 Å². The van der Waals surface area contributed by atoms with Gasteiger partial charge in [-0.1, -0.05) is 30.3 Å². The molecule has 0 aliphatic heterocycles. The molecule has 0 saturated carbocycles. The van der Waals surface area contributed by atoms with Gasteiger partial charge in [0.2, 0.25) is 0 Å². The molecule has 0 unspecified atom stereocenters. The average Bonchev–Trinajstić information content (AvgIpc) is 2.51. The van der Waals surface area contributed by atoms with Crippen LogP contribution in [0.4, 0.5) is 0 Å². The van der Waals surface area contributed by atoms with Crippen LogP contribution in [0.15, 0.2) is 46.2 Å². The first-order chi connectivity index (χ1) is 10.3. The Morgan fingerprint density at radius 2 is 1.32 bits per heavy atom. The van der Waals surface area contributed by atoms with Crippen molar-refractivity contribution in [3.63, 3.8) is 0 Å². The van der Waals surface area contributed by atoms with E-state index in [0.717, 1.165) is 5.56 Å². The first-order valence-corrected chi connectivity index (χ1v) is 9.01. The van der Waals surface area contributed by atoms with E-state index in [1.807, 2.05) is 12.1 Å². The topological polar surface area (TPSA) is 144 Å². The van der Waals surface area contributed by atoms with Crippen LogP contribution in [-0.2, 0) is 20.0 Å². The third-order valence-corrected chi connectivity index (χ3v) is 6.11. The lowest BCUT2D eigenvalue weighted by Crippen LogP contribution is -2.35. The molecule has 8 nitrogen and oxygen atoms in total. The summed E-state index contributed by atoms with van der Waals surface area (Å²) in [7, 11) is -8.39. The Labute approximate surface area is 127 Å². The molecule has 22 heavy (non-hydrogen) atoms. The minimum absolute atomic E-state index is 0.310. The number of rotatable bonds is 4. The third kappa shape index (κ3) is 1.97. The molecule has 0 aromatic heterocycles. The second-order valence-electron chi connectivity index (χ2n) is 4.60. The van der Waals surface area contributed by atoms with Gasteiger partial charge in [0.15, 0.2) is 0 Å². The maximum Gasteiger partial charge on any atom is 0.255 e. The highest BCUT2D eigenvalue weighted by atomic mass is 32.2. The summed E-state index contributed by atoms with van der Waals surface area (Å²) in [5, 5.41) is 0. The minimum atomic E-state index is -4.21. The van der Waals surface area contributed by atoms with Gasteiger partial charge in [-0.2, -0.15) is 4.83 Å². The van der Waals surface area contributed by atoms with Crippen LogP contribution in [0.5, 0.6) is 0 Å². The van der Waals surface area contributed by atoms with Crippen LogP contribution in [0.3, 0.4) is 0 Å². The molecule has 0 radical (unpaired) electrons. The fourth-order valence-electron chi connectivity index (χ4n) is 2.53. The SMILES string of the molecule is NNS(=O)(=O)c1ccc2c(c1S(=O)(=O)NN)-c1ccccc1-2. The minimum Gasteiger partial charge on any atom is -0.257 e. The number of hydrazine groups is 2. The van der Waals surface area contributed by atoms with Crippen molar-refractivity contribution < 1.29 is 16.8 Å². The number of hydrogen-bond acceptors (Lipinski definition) is 6. The van der Waals surface area contributed by atoms with Gasteiger partial charge in [0, 0.05) is 5.56 Å². The van der Waals surface area contributed by atoms with E-state index in [-0.39, 0.29) is 0 Å². The van der Waals surface area contributed by atoms with E-state index in [1.54, 1.807) is 21.8 Å². The van der Waals surface area contributed by atoms with Crippen LogP contribution in [0.1, 0.15) is 0 Å². The Morgan fingerprint density at radius 3 is 1.91 bits per heavy atom. The van der Waals surface area contributed by atoms with Crippen molar-refractivity contribution >= 4 is 20.0 Å². The Hall–Kier alpha value is -1.82. The van der Waals surface area contributed by atoms with Gasteiger partial charge in [0.1, 0.15) is 9.79 Å². The zero-order chi connectivity index (χ0) is 16.1. The molecule has 116 valence electrons. The number of hydrogen-bond donors (Lipinski definition) is 4. The van der Waals surface area contributed by atoms with Gasteiger partial charge in [-0.3, -0.25) is 11.7 Å². The number of sulfonamides is 2. The molecular formula is C12H12N4O4S2. The van der Waals surface area contributed by atoms with Crippen molar-refractivity contribution in [3.05, 3.63) is 36.4 Å². The van der Waals surface area contributed by atoms with E-state index < -0.39 is 29.8 Å². The van der Waals surface area contributed by atoms with Gasteiger partial charge in [-0.05, 0) is 22.8 Å². The smallest absolute Gasteiger partial charge is 0.255 e. The summed E-state index contributed by atoms with van der Waals surface area (Å²) < 4.78 is 48.5. The zero-order valence-electron chi connectivity index (χ0n) is 11.1. The predicted octanol–water partition coefficient (Wildman–Crippen LogP) is -0.362. The lowest BCUT2D eigenvalue weighted by molar-refractivity contribution is 0.570. The standard InChI is InChI=1S/C12H12N4O4S2/c13-15-21(17,18)10-6-5-9-7-3-1-2-4-8(7)11(9)12(10)22(19,20)16-14/h1-6,15-16H,13-14H2. The summed E-state index contributed by atoms with van der Waals surface area (Å²) in [5.41, 5.74) is 2.43. The molecule has 1 aliphatic rings. The Morgan fingerprint density at radius 1 is 0.727 bits per heavy atom. The molecule has 0 spiro atoms. The van der Waals surface area contributed by atoms with E-state index in [4.69, 9.17) is 11.7 Å². The molecule has 0 amide bonds. The molecule has 10 heteroatoms. The van der Waals surface area contributed by atoms with Crippen LogP contribution < -0.4 is 21.3 Å². The van der Waals surface area contributed by atoms with E-state index in [0.29, 0.717) is 16.7 Å². The third-order valence-electron chi connectivity index (χ3n) is 3.48. The summed E-state index contributed by atoms with van der Waals surface area (Å²) in [4.78, 5) is 2.42. The highest BCUT2D eigenvalue weighted by molar-refractivity contribution is 7.92. The van der Waals surface area contributed by atoms with Crippen molar-refractivity contribution in [2.45, 2.75) is 9.79 Å². The summed E-state index contributed by atoms with van der Waals surface area (Å²) in [6.45, 7) is 0. The average molecular weight is 340 g/mol. The highest BCUT2D eigenvalue weighted by Crippen LogP contribution is 2.51. The first-order valence-electron chi connectivity index (χ1n) is 6.05. The molecule has 2 aromatic rings. The summed E-state index contributed by atoms with van der Waals surface area (Å²) in [6.07, 6.45) is 0. The largest absolute Gasteiger partial charge is 0.257 e. The van der Waals surface area contributed by atoms with E-state index in [2.05, 4.69) is 0 Å². The molecule has 0 atom stereocenters. The van der Waals surface area contributed by atoms with Crippen molar-refractivity contribution in [1.29, 1.82) is 0 Å². The second kappa shape index (κ2) is 4.84. The summed E-state index contributed by atoms with van der Waals surface area (Å²) in [6, 6.07) is 9.80. The van der Waals surface area contributed by atoms with Gasteiger partial charge in [-0.15, -0.1) is 4.83 Å². The van der Waals surface area contributed by atoms with E-state index in [9.17, 15) is 16.8 Å². The van der Waals surface area contributed by atoms with Crippen LogP contribution in [0, 0.1) is 0 Å². The zero-order valence-corrected chi connectivity index (χ0v) is 12.7. The van der Waals surface area contributed by atoms with Crippen LogP contribution in [0.2, 0.25) is 0 Å². The molecule has 0 fully saturated rings. The number of nitrogens with one attached hydrogen (secondary N) is 2. The van der Waals surface area contributed by atoms with Crippen molar-refractivity contribution in [3.8, 4) is 22.3 Å². The fraction of sp³-hybridized carbons (Fsp3) is 0. The first kappa shape index (κ1) is 15.1. The number of benzene rings is 2. The summed E-state index contributed by atoms with van der Waals surface area (Å²) in [5.74, 6) is 10.1. The fourth-order valence-corrected chi connectivity index (χ4v) is 4.85. The van der Waals surface area contributed by atoms with Crippen molar-refractivity contribution in [1.82, 2.24) is 9.66 Å². The Balaban J connectivity index is 2.42. The van der Waals surface area contributed by atoms with Gasteiger partial charge in [0.25, 0.3) is 20.0 Å². The van der Waals surface area contributed by atoms with Gasteiger partial charge < -0.3 is 0 Å². The molecule has 0 heterocycles. The van der Waals surface area contributed by atoms with Crippen LogP contribution in [0.25, 0.3) is 22.3 Å². The molecule has 0 saturated heterocycles. The van der Waals surface area contributed by atoms with Crippen molar-refractivity contribution in [2.24, 2.45) is 11.7 Å². The van der Waals surface area contributed by atoms with Crippen LogP contribution in [-0.4, -0.2) is 16.8 Å². The normalized spacial score (nSPS) is 13.2. The predicted molar refractivity (Wildman–Crippen MR) is 79.9 cm³/mol. The van der Waals surface area contributed by atoms with Gasteiger partial charge in [0.05, 0.1) is 0 Å². The molecule has 0 bridgehead atoms. The second-order valence-corrected chi connectivity index (χ2v) is 7.94. The monoisotopic (exact) mass is 340 g/mol. The van der Waals surface area contributed by atoms with E-state index >= 15 is 0 Å². The maximum absolute atomic E-state index is 12.2. The quantitative estimate of drug-likeness (QED) is 0.377. The lowest BCUT2D eigenvalue weighted by atomic mass is 9.81. The number of fused-ring (bicyclic) bond motifs is 4. The van der Waals surface area contributed by atoms with E-state index in [1.165, 1.54) is 12.1 Å². The molecule has 3 rings (SSSR count).